The fourth-order valence-electron chi connectivity index (χ4n) is 2.10. The summed E-state index contributed by atoms with van der Waals surface area (Å²) in [6.07, 6.45) is 0.414. The first-order valence-corrected chi connectivity index (χ1v) is 8.36. The zero-order valence-corrected chi connectivity index (χ0v) is 13.9. The van der Waals surface area contributed by atoms with Crippen molar-refractivity contribution in [2.24, 2.45) is 0 Å². The van der Waals surface area contributed by atoms with Crippen LogP contribution in [0.15, 0.2) is 53.4 Å². The molecule has 0 unspecified atom stereocenters. The molecule has 0 spiro atoms. The largest absolute Gasteiger partial charge is 0.345 e. The molecule has 126 valence electrons. The minimum absolute atomic E-state index is 0.0175. The van der Waals surface area contributed by atoms with E-state index in [9.17, 15) is 18.4 Å². The first-order chi connectivity index (χ1) is 11.5. The Balaban J connectivity index is 1.90. The van der Waals surface area contributed by atoms with Gasteiger partial charge in [0.1, 0.15) is 0 Å². The smallest absolute Gasteiger partial charge is 0.230 e. The Labute approximate surface area is 143 Å². The average Bonchev–Trinajstić information content (AvgIpc) is 2.56. The van der Waals surface area contributed by atoms with Gasteiger partial charge in [0, 0.05) is 4.90 Å². The fraction of sp³-hybridized carbons (Fsp3) is 0.222. The van der Waals surface area contributed by atoms with Crippen molar-refractivity contribution >= 4 is 23.5 Å². The van der Waals surface area contributed by atoms with Gasteiger partial charge in [-0.25, -0.2) is 8.78 Å². The Kier molecular flexibility index (Phi) is 6.49. The van der Waals surface area contributed by atoms with E-state index in [0.29, 0.717) is 11.3 Å². The van der Waals surface area contributed by atoms with E-state index in [-0.39, 0.29) is 17.4 Å². The molecule has 0 aliphatic rings. The summed E-state index contributed by atoms with van der Waals surface area (Å²) >= 11 is 1.08. The lowest BCUT2D eigenvalue weighted by molar-refractivity contribution is -0.125. The molecule has 0 aromatic heterocycles. The standard InChI is InChI=1S/C18H17F2NO2S/c1-12(22)17(9-13-5-3-2-4-6-13)21-18(23)11-24-14-7-8-15(19)16(20)10-14/h2-8,10,17H,9,11H2,1H3,(H,21,23)/t17-/m1/s1. The number of amides is 1. The van der Waals surface area contributed by atoms with Crippen molar-refractivity contribution < 1.29 is 18.4 Å². The van der Waals surface area contributed by atoms with Crippen LogP contribution in [0, 0.1) is 11.6 Å². The molecule has 1 amide bonds. The monoisotopic (exact) mass is 349 g/mol. The SMILES string of the molecule is CC(=O)[C@@H](Cc1ccccc1)NC(=O)CSc1ccc(F)c(F)c1. The zero-order chi connectivity index (χ0) is 17.5. The number of thioether (sulfide) groups is 1. The predicted octanol–water partition coefficient (Wildman–Crippen LogP) is 3.37. The summed E-state index contributed by atoms with van der Waals surface area (Å²) in [6.45, 7) is 1.43. The molecule has 24 heavy (non-hydrogen) atoms. The molecular weight excluding hydrogens is 332 g/mol. The molecule has 2 rings (SSSR count). The average molecular weight is 349 g/mol. The van der Waals surface area contributed by atoms with Crippen molar-refractivity contribution in [2.45, 2.75) is 24.3 Å². The highest BCUT2D eigenvalue weighted by Gasteiger charge is 2.17. The van der Waals surface area contributed by atoms with Gasteiger partial charge in [-0.15, -0.1) is 11.8 Å². The summed E-state index contributed by atoms with van der Waals surface area (Å²) in [6, 6.07) is 12.2. The molecule has 0 fully saturated rings. The third-order valence-electron chi connectivity index (χ3n) is 3.37. The summed E-state index contributed by atoms with van der Waals surface area (Å²) < 4.78 is 26.0. The van der Waals surface area contributed by atoms with E-state index in [4.69, 9.17) is 0 Å². The van der Waals surface area contributed by atoms with Crippen LogP contribution in [0.4, 0.5) is 8.78 Å². The Morgan fingerprint density at radius 2 is 1.79 bits per heavy atom. The Bertz CT molecular complexity index is 722. The van der Waals surface area contributed by atoms with Crippen LogP contribution in [0.5, 0.6) is 0 Å². The summed E-state index contributed by atoms with van der Waals surface area (Å²) in [5.41, 5.74) is 0.950. The third kappa shape index (κ3) is 5.45. The number of hydrogen-bond acceptors (Lipinski definition) is 3. The van der Waals surface area contributed by atoms with Crippen molar-refractivity contribution in [1.82, 2.24) is 5.32 Å². The van der Waals surface area contributed by atoms with Crippen LogP contribution in [-0.4, -0.2) is 23.5 Å². The van der Waals surface area contributed by atoms with Crippen molar-refractivity contribution in [3.63, 3.8) is 0 Å². The number of hydrogen-bond donors (Lipinski definition) is 1. The molecule has 2 aromatic rings. The van der Waals surface area contributed by atoms with E-state index in [1.54, 1.807) is 0 Å². The van der Waals surface area contributed by atoms with Gasteiger partial charge >= 0.3 is 0 Å². The molecule has 0 aliphatic heterocycles. The van der Waals surface area contributed by atoms with Gasteiger partial charge in [-0.3, -0.25) is 9.59 Å². The van der Waals surface area contributed by atoms with Gasteiger partial charge in [-0.05, 0) is 37.1 Å². The third-order valence-corrected chi connectivity index (χ3v) is 4.36. The maximum absolute atomic E-state index is 13.1. The number of benzene rings is 2. The highest BCUT2D eigenvalue weighted by molar-refractivity contribution is 8.00. The highest BCUT2D eigenvalue weighted by Crippen LogP contribution is 2.20. The molecule has 1 N–H and O–H groups in total. The molecule has 1 atom stereocenters. The van der Waals surface area contributed by atoms with Gasteiger partial charge in [0.15, 0.2) is 17.4 Å². The summed E-state index contributed by atoms with van der Waals surface area (Å²) in [4.78, 5) is 24.2. The van der Waals surface area contributed by atoms with E-state index in [1.165, 1.54) is 13.0 Å². The Morgan fingerprint density at radius 1 is 1.08 bits per heavy atom. The number of carbonyl (C=O) groups excluding carboxylic acids is 2. The zero-order valence-electron chi connectivity index (χ0n) is 13.1. The van der Waals surface area contributed by atoms with E-state index in [0.717, 1.165) is 29.5 Å². The van der Waals surface area contributed by atoms with Crippen LogP contribution in [0.3, 0.4) is 0 Å². The fourth-order valence-corrected chi connectivity index (χ4v) is 2.83. The lowest BCUT2D eigenvalue weighted by Crippen LogP contribution is -2.42. The van der Waals surface area contributed by atoms with E-state index in [1.807, 2.05) is 30.3 Å². The number of ketones is 1. The molecule has 2 aromatic carbocycles. The summed E-state index contributed by atoms with van der Waals surface area (Å²) in [5, 5.41) is 2.68. The van der Waals surface area contributed by atoms with E-state index in [2.05, 4.69) is 5.32 Å². The number of rotatable bonds is 7. The Hall–Kier alpha value is -2.21. The second kappa shape index (κ2) is 8.59. The molecule has 6 heteroatoms. The minimum atomic E-state index is -0.953. The molecular formula is C18H17F2NO2S. The normalized spacial score (nSPS) is 11.8. The van der Waals surface area contributed by atoms with E-state index >= 15 is 0 Å². The van der Waals surface area contributed by atoms with Crippen molar-refractivity contribution in [3.8, 4) is 0 Å². The quantitative estimate of drug-likeness (QED) is 0.780. The molecule has 0 saturated carbocycles. The Morgan fingerprint density at radius 3 is 2.42 bits per heavy atom. The van der Waals surface area contributed by atoms with Gasteiger partial charge in [0.25, 0.3) is 0 Å². The number of halogens is 2. The molecule has 3 nitrogen and oxygen atoms in total. The topological polar surface area (TPSA) is 46.2 Å². The molecule has 0 radical (unpaired) electrons. The predicted molar refractivity (Wildman–Crippen MR) is 89.8 cm³/mol. The first kappa shape index (κ1) is 18.1. The number of Topliss-reactive ketones (excluding diaryl/α,β-unsaturated/α-hetero) is 1. The lowest BCUT2D eigenvalue weighted by Gasteiger charge is -2.16. The van der Waals surface area contributed by atoms with Crippen LogP contribution < -0.4 is 5.32 Å². The van der Waals surface area contributed by atoms with Crippen LogP contribution in [0.25, 0.3) is 0 Å². The maximum atomic E-state index is 13.1. The molecule has 0 heterocycles. The van der Waals surface area contributed by atoms with Gasteiger partial charge in [-0.1, -0.05) is 30.3 Å². The number of carbonyl (C=O) groups is 2. The van der Waals surface area contributed by atoms with Crippen molar-refractivity contribution in [2.75, 3.05) is 5.75 Å². The second-order valence-electron chi connectivity index (χ2n) is 5.29. The highest BCUT2D eigenvalue weighted by atomic mass is 32.2. The minimum Gasteiger partial charge on any atom is -0.345 e. The molecule has 0 aliphatic carbocycles. The number of nitrogens with one attached hydrogen (secondary N) is 1. The lowest BCUT2D eigenvalue weighted by atomic mass is 10.0. The van der Waals surface area contributed by atoms with Crippen LogP contribution >= 0.6 is 11.8 Å². The second-order valence-corrected chi connectivity index (χ2v) is 6.33. The van der Waals surface area contributed by atoms with Gasteiger partial charge in [-0.2, -0.15) is 0 Å². The first-order valence-electron chi connectivity index (χ1n) is 7.37. The maximum Gasteiger partial charge on any atom is 0.230 e. The van der Waals surface area contributed by atoms with Crippen molar-refractivity contribution in [1.29, 1.82) is 0 Å². The summed E-state index contributed by atoms with van der Waals surface area (Å²) in [7, 11) is 0. The van der Waals surface area contributed by atoms with Gasteiger partial charge in [0.2, 0.25) is 5.91 Å². The van der Waals surface area contributed by atoms with Crippen LogP contribution in [-0.2, 0) is 16.0 Å². The van der Waals surface area contributed by atoms with Crippen LogP contribution in [0.2, 0.25) is 0 Å². The van der Waals surface area contributed by atoms with Gasteiger partial charge < -0.3 is 5.32 Å². The van der Waals surface area contributed by atoms with E-state index < -0.39 is 17.7 Å². The van der Waals surface area contributed by atoms with Crippen LogP contribution in [0.1, 0.15) is 12.5 Å². The molecule has 0 saturated heterocycles. The molecule has 0 bridgehead atoms. The summed E-state index contributed by atoms with van der Waals surface area (Å²) in [5.74, 6) is -2.33. The van der Waals surface area contributed by atoms with Gasteiger partial charge in [0.05, 0.1) is 11.8 Å². The van der Waals surface area contributed by atoms with Crippen molar-refractivity contribution in [3.05, 3.63) is 65.7 Å².